The van der Waals surface area contributed by atoms with Gasteiger partial charge in [-0.2, -0.15) is 0 Å². The van der Waals surface area contributed by atoms with Crippen molar-refractivity contribution in [3.05, 3.63) is 0 Å². The second kappa shape index (κ2) is 24.7. The van der Waals surface area contributed by atoms with Crippen molar-refractivity contribution in [1.82, 2.24) is 5.32 Å². The summed E-state index contributed by atoms with van der Waals surface area (Å²) in [5.41, 5.74) is 0. The molecule has 0 rings (SSSR count). The fraction of sp³-hybridized carbons (Fsp3) is 0.960. The Morgan fingerprint density at radius 3 is 1.67 bits per heavy atom. The molecule has 7 nitrogen and oxygen atoms in total. The van der Waals surface area contributed by atoms with E-state index in [0.29, 0.717) is 19.4 Å². The van der Waals surface area contributed by atoms with Crippen molar-refractivity contribution < 1.29 is 27.7 Å². The molecule has 0 amide bonds. The Balaban J connectivity index is 3.39. The van der Waals surface area contributed by atoms with Gasteiger partial charge >= 0.3 is 13.8 Å². The van der Waals surface area contributed by atoms with E-state index in [9.17, 15) is 9.36 Å². The summed E-state index contributed by atoms with van der Waals surface area (Å²) in [6.45, 7) is 3.45. The van der Waals surface area contributed by atoms with Gasteiger partial charge in [0.15, 0.2) is 0 Å². The third-order valence-corrected chi connectivity index (χ3v) is 7.06. The molecule has 0 radical (unpaired) electrons. The normalized spacial score (nSPS) is 13.2. The number of nitrogens with one attached hydrogen (secondary N) is 1. The topological polar surface area (TPSA) is 83.1 Å². The molecule has 0 saturated heterocycles. The van der Waals surface area contributed by atoms with Gasteiger partial charge in [-0.3, -0.25) is 18.4 Å². The van der Waals surface area contributed by atoms with Crippen molar-refractivity contribution in [3.8, 4) is 0 Å². The van der Waals surface area contributed by atoms with Gasteiger partial charge < -0.3 is 10.1 Å². The Morgan fingerprint density at radius 2 is 1.18 bits per heavy atom. The van der Waals surface area contributed by atoms with E-state index in [1.165, 1.54) is 90.6 Å². The Bertz CT molecular complexity index is 478. The van der Waals surface area contributed by atoms with Gasteiger partial charge in [0.1, 0.15) is 0 Å². The fourth-order valence-electron chi connectivity index (χ4n) is 3.54. The zero-order chi connectivity index (χ0) is 24.5. The van der Waals surface area contributed by atoms with Crippen molar-refractivity contribution in [2.24, 2.45) is 0 Å². The quantitative estimate of drug-likeness (QED) is 0.0775. The van der Waals surface area contributed by atoms with Crippen molar-refractivity contribution in [3.63, 3.8) is 0 Å². The van der Waals surface area contributed by atoms with Crippen molar-refractivity contribution >= 4 is 13.8 Å². The maximum absolute atomic E-state index is 12.1. The van der Waals surface area contributed by atoms with Crippen LogP contribution in [0.25, 0.3) is 0 Å². The van der Waals surface area contributed by atoms with Gasteiger partial charge in [-0.1, -0.05) is 96.8 Å². The predicted molar refractivity (Wildman–Crippen MR) is 136 cm³/mol. The molecule has 0 bridgehead atoms. The van der Waals surface area contributed by atoms with Crippen LogP contribution in [0.3, 0.4) is 0 Å². The van der Waals surface area contributed by atoms with Crippen LogP contribution in [0.2, 0.25) is 0 Å². The molecule has 0 saturated carbocycles. The maximum atomic E-state index is 12.1. The Labute approximate surface area is 203 Å². The number of esters is 1. The average molecular weight is 494 g/mol. The molecule has 0 aliphatic heterocycles. The van der Waals surface area contributed by atoms with Gasteiger partial charge in [-0.05, 0) is 13.5 Å². The molecule has 33 heavy (non-hydrogen) atoms. The summed E-state index contributed by atoms with van der Waals surface area (Å²) in [4.78, 5) is 11.8. The van der Waals surface area contributed by atoms with Crippen molar-refractivity contribution in [2.45, 2.75) is 116 Å². The van der Waals surface area contributed by atoms with Gasteiger partial charge in [0.2, 0.25) is 0 Å². The van der Waals surface area contributed by atoms with E-state index in [1.807, 2.05) is 0 Å². The maximum Gasteiger partial charge on any atom is 0.474 e. The SMILES string of the molecule is CCCCCCCCCCCCCCCCCC(=O)OCCCOP(=O)(OC)OCCNC. The highest BCUT2D eigenvalue weighted by atomic mass is 31.2. The highest BCUT2D eigenvalue weighted by molar-refractivity contribution is 7.48. The summed E-state index contributed by atoms with van der Waals surface area (Å²) in [5, 5.41) is 2.89. The monoisotopic (exact) mass is 493 g/mol. The molecule has 0 fully saturated rings. The molecule has 0 aromatic heterocycles. The first-order valence-electron chi connectivity index (χ1n) is 13.3. The van der Waals surface area contributed by atoms with Gasteiger partial charge in [0, 0.05) is 26.5 Å². The zero-order valence-corrected chi connectivity index (χ0v) is 22.6. The van der Waals surface area contributed by atoms with E-state index >= 15 is 0 Å². The number of rotatable bonds is 26. The number of phosphoric ester groups is 1. The summed E-state index contributed by atoms with van der Waals surface area (Å²) in [6.07, 6.45) is 20.5. The summed E-state index contributed by atoms with van der Waals surface area (Å²) in [5.74, 6) is -0.176. The van der Waals surface area contributed by atoms with Crippen LogP contribution < -0.4 is 5.32 Å². The molecule has 0 aromatic carbocycles. The number of carbonyl (C=O) groups is 1. The van der Waals surface area contributed by atoms with Crippen LogP contribution >= 0.6 is 7.82 Å². The zero-order valence-electron chi connectivity index (χ0n) is 21.7. The van der Waals surface area contributed by atoms with Gasteiger partial charge in [-0.15, -0.1) is 0 Å². The molecule has 1 N–H and O–H groups in total. The smallest absolute Gasteiger partial charge is 0.466 e. The molecule has 0 aliphatic rings. The summed E-state index contributed by atoms with van der Waals surface area (Å²) in [6, 6.07) is 0. The van der Waals surface area contributed by atoms with Crippen LogP contribution in [0.1, 0.15) is 116 Å². The number of likely N-dealkylation sites (N-methyl/N-ethyl adjacent to an activating group) is 1. The minimum atomic E-state index is -3.52. The van der Waals surface area contributed by atoms with Crippen molar-refractivity contribution in [1.29, 1.82) is 0 Å². The lowest BCUT2D eigenvalue weighted by molar-refractivity contribution is -0.144. The Morgan fingerprint density at radius 1 is 0.697 bits per heavy atom. The third kappa shape index (κ3) is 23.1. The second-order valence-corrected chi connectivity index (χ2v) is 10.4. The highest BCUT2D eigenvalue weighted by Crippen LogP contribution is 2.48. The molecular weight excluding hydrogens is 441 g/mol. The molecule has 8 heteroatoms. The molecule has 1 unspecified atom stereocenters. The first kappa shape index (κ1) is 32.5. The molecule has 0 aliphatic carbocycles. The lowest BCUT2D eigenvalue weighted by atomic mass is 10.0. The fourth-order valence-corrected chi connectivity index (χ4v) is 4.49. The summed E-state index contributed by atoms with van der Waals surface area (Å²) >= 11 is 0. The molecule has 1 atom stereocenters. The van der Waals surface area contributed by atoms with Crippen LogP contribution in [-0.4, -0.2) is 46.5 Å². The predicted octanol–water partition coefficient (Wildman–Crippen LogP) is 7.19. The molecule has 0 aromatic rings. The van der Waals surface area contributed by atoms with Crippen LogP contribution in [0.5, 0.6) is 0 Å². The second-order valence-electron chi connectivity index (χ2n) is 8.67. The van der Waals surface area contributed by atoms with E-state index in [1.54, 1.807) is 7.05 Å². The summed E-state index contributed by atoms with van der Waals surface area (Å²) < 4.78 is 32.5. The lowest BCUT2D eigenvalue weighted by Crippen LogP contribution is -2.14. The van der Waals surface area contributed by atoms with E-state index in [0.717, 1.165) is 12.8 Å². The van der Waals surface area contributed by atoms with E-state index in [2.05, 4.69) is 12.2 Å². The van der Waals surface area contributed by atoms with Crippen LogP contribution in [0.15, 0.2) is 0 Å². The van der Waals surface area contributed by atoms with Crippen molar-refractivity contribution in [2.75, 3.05) is 40.5 Å². The number of carbonyl (C=O) groups excluding carboxylic acids is 1. The summed E-state index contributed by atoms with van der Waals surface area (Å²) in [7, 11) is -0.458. The Hall–Kier alpha value is -0.460. The van der Waals surface area contributed by atoms with E-state index in [-0.39, 0.29) is 25.8 Å². The molecule has 198 valence electrons. The lowest BCUT2D eigenvalue weighted by Gasteiger charge is -2.15. The van der Waals surface area contributed by atoms with Crippen LogP contribution in [0.4, 0.5) is 0 Å². The van der Waals surface area contributed by atoms with Gasteiger partial charge in [-0.25, -0.2) is 4.57 Å². The first-order chi connectivity index (χ1) is 16.1. The number of unbranched alkanes of at least 4 members (excludes halogenated alkanes) is 14. The van der Waals surface area contributed by atoms with E-state index < -0.39 is 7.82 Å². The minimum Gasteiger partial charge on any atom is -0.466 e. The van der Waals surface area contributed by atoms with Gasteiger partial charge in [0.05, 0.1) is 19.8 Å². The van der Waals surface area contributed by atoms with Crippen LogP contribution in [-0.2, 0) is 27.7 Å². The molecule has 0 heterocycles. The van der Waals surface area contributed by atoms with Gasteiger partial charge in [0.25, 0.3) is 0 Å². The molecular formula is C25H52NO6P. The standard InChI is InChI=1S/C25H52NO6P/c1-4-5-6-7-8-9-10-11-12-13-14-15-16-17-18-20-25(27)30-22-19-23-31-33(28,29-3)32-24-21-26-2/h26H,4-24H2,1-3H3. The average Bonchev–Trinajstić information content (AvgIpc) is 2.81. The highest BCUT2D eigenvalue weighted by Gasteiger charge is 2.24. The number of hydrogen-bond donors (Lipinski definition) is 1. The number of hydrogen-bond acceptors (Lipinski definition) is 7. The molecule has 0 spiro atoms. The minimum absolute atomic E-state index is 0.150. The third-order valence-electron chi connectivity index (χ3n) is 5.61. The van der Waals surface area contributed by atoms with E-state index in [4.69, 9.17) is 18.3 Å². The number of phosphoric acid groups is 1. The first-order valence-corrected chi connectivity index (χ1v) is 14.8. The van der Waals surface area contributed by atoms with Crippen LogP contribution in [0, 0.1) is 0 Å². The number of ether oxygens (including phenoxy) is 1. The largest absolute Gasteiger partial charge is 0.474 e. The Kier molecular flexibility index (Phi) is 24.3.